The number of amides is 2. The lowest BCUT2D eigenvalue weighted by molar-refractivity contribution is -0.149. The summed E-state index contributed by atoms with van der Waals surface area (Å²) in [5.41, 5.74) is -0.0127. The highest BCUT2D eigenvalue weighted by Gasteiger charge is 2.38. The quantitative estimate of drug-likeness (QED) is 0.721. The highest BCUT2D eigenvalue weighted by atomic mass is 16.6. The van der Waals surface area contributed by atoms with E-state index in [1.54, 1.807) is 32.9 Å². The minimum atomic E-state index is -1.05. The molecule has 0 aliphatic carbocycles. The number of rotatable bonds is 5. The average Bonchev–Trinajstić information content (AvgIpc) is 3.03. The summed E-state index contributed by atoms with van der Waals surface area (Å²) in [5, 5.41) is 21.3. The summed E-state index contributed by atoms with van der Waals surface area (Å²) < 4.78 is 5.24. The van der Waals surface area contributed by atoms with Crippen molar-refractivity contribution in [2.24, 2.45) is 0 Å². The molecule has 1 heterocycles. The first kappa shape index (κ1) is 20.5. The normalized spacial score (nSPS) is 18.0. The molecule has 1 aliphatic heterocycles. The number of aromatic hydroxyl groups is 1. The first-order valence-corrected chi connectivity index (χ1v) is 8.87. The van der Waals surface area contributed by atoms with Gasteiger partial charge in [0, 0.05) is 13.0 Å². The standard InChI is InChI=1S/C19H26N2O6/c1-19(2,3)27-18(26)20-14(11-12-6-8-13(22)9-7-12)16(23)21-10-4-5-15(21)17(24)25/h6-9,14-15,22H,4-5,10-11H2,1-3H3,(H,20,26)(H,24,25)/t14-,15+/m1/s1. The van der Waals surface area contributed by atoms with E-state index in [0.29, 0.717) is 24.9 Å². The van der Waals surface area contributed by atoms with Crippen LogP contribution < -0.4 is 5.32 Å². The van der Waals surface area contributed by atoms with Crippen LogP contribution in [0.2, 0.25) is 0 Å². The summed E-state index contributed by atoms with van der Waals surface area (Å²) in [6.07, 6.45) is 0.396. The number of hydrogen-bond donors (Lipinski definition) is 3. The highest BCUT2D eigenvalue weighted by Crippen LogP contribution is 2.20. The molecule has 8 nitrogen and oxygen atoms in total. The Kier molecular flexibility index (Phi) is 6.30. The summed E-state index contributed by atoms with van der Waals surface area (Å²) in [7, 11) is 0. The van der Waals surface area contributed by atoms with Gasteiger partial charge in [0.15, 0.2) is 0 Å². The van der Waals surface area contributed by atoms with Crippen molar-refractivity contribution in [3.8, 4) is 5.75 Å². The van der Waals surface area contributed by atoms with Crippen molar-refractivity contribution < 1.29 is 29.3 Å². The number of carboxylic acid groups (broad SMARTS) is 1. The van der Waals surface area contributed by atoms with Crippen molar-refractivity contribution in [3.05, 3.63) is 29.8 Å². The fourth-order valence-corrected chi connectivity index (χ4v) is 3.01. The molecule has 2 rings (SSSR count). The molecule has 0 spiro atoms. The molecule has 8 heteroatoms. The zero-order chi connectivity index (χ0) is 20.2. The summed E-state index contributed by atoms with van der Waals surface area (Å²) in [4.78, 5) is 37.9. The summed E-state index contributed by atoms with van der Waals surface area (Å²) in [5.74, 6) is -1.42. The van der Waals surface area contributed by atoms with E-state index in [0.717, 1.165) is 0 Å². The van der Waals surface area contributed by atoms with E-state index in [2.05, 4.69) is 5.32 Å². The monoisotopic (exact) mass is 378 g/mol. The molecule has 1 aliphatic rings. The van der Waals surface area contributed by atoms with Crippen LogP contribution in [0.3, 0.4) is 0 Å². The Balaban J connectivity index is 2.19. The molecule has 0 aromatic heterocycles. The van der Waals surface area contributed by atoms with Crippen molar-refractivity contribution >= 4 is 18.0 Å². The van der Waals surface area contributed by atoms with E-state index < -0.39 is 35.7 Å². The van der Waals surface area contributed by atoms with Gasteiger partial charge in [-0.15, -0.1) is 0 Å². The molecular weight excluding hydrogens is 352 g/mol. The first-order chi connectivity index (χ1) is 12.6. The second-order valence-electron chi connectivity index (χ2n) is 7.60. The van der Waals surface area contributed by atoms with E-state index in [1.807, 2.05) is 0 Å². The Bertz CT molecular complexity index is 695. The van der Waals surface area contributed by atoms with Crippen molar-refractivity contribution in [3.63, 3.8) is 0 Å². The van der Waals surface area contributed by atoms with E-state index in [1.165, 1.54) is 17.0 Å². The first-order valence-electron chi connectivity index (χ1n) is 8.87. The third kappa shape index (κ3) is 5.87. The van der Waals surface area contributed by atoms with Crippen LogP contribution in [-0.2, 0) is 20.7 Å². The van der Waals surface area contributed by atoms with Crippen LogP contribution in [0, 0.1) is 0 Å². The largest absolute Gasteiger partial charge is 0.508 e. The number of benzene rings is 1. The average molecular weight is 378 g/mol. The molecule has 2 amide bonds. The van der Waals surface area contributed by atoms with Crippen molar-refractivity contribution in [1.29, 1.82) is 0 Å². The molecule has 1 fully saturated rings. The number of nitrogens with zero attached hydrogens (tertiary/aromatic N) is 1. The van der Waals surface area contributed by atoms with Crippen LogP contribution in [0.1, 0.15) is 39.2 Å². The van der Waals surface area contributed by atoms with Crippen LogP contribution in [-0.4, -0.2) is 57.3 Å². The maximum absolute atomic E-state index is 13.0. The summed E-state index contributed by atoms with van der Waals surface area (Å²) in [6.45, 7) is 5.47. The van der Waals surface area contributed by atoms with Gasteiger partial charge in [-0.1, -0.05) is 12.1 Å². The SMILES string of the molecule is CC(C)(C)OC(=O)N[C@H](Cc1ccc(O)cc1)C(=O)N1CCC[C@H]1C(=O)O. The van der Waals surface area contributed by atoms with Crippen LogP contribution >= 0.6 is 0 Å². The predicted molar refractivity (Wildman–Crippen MR) is 97.3 cm³/mol. The fraction of sp³-hybridized carbons (Fsp3) is 0.526. The molecule has 1 saturated heterocycles. The van der Waals surface area contributed by atoms with Crippen LogP contribution in [0.5, 0.6) is 5.75 Å². The van der Waals surface area contributed by atoms with Gasteiger partial charge in [-0.05, 0) is 51.3 Å². The van der Waals surface area contributed by atoms with Crippen molar-refractivity contribution in [1.82, 2.24) is 10.2 Å². The van der Waals surface area contributed by atoms with E-state index in [-0.39, 0.29) is 12.2 Å². The minimum Gasteiger partial charge on any atom is -0.508 e. The van der Waals surface area contributed by atoms with Crippen LogP contribution in [0.25, 0.3) is 0 Å². The number of aliphatic carboxylic acids is 1. The molecule has 0 unspecified atom stereocenters. The summed E-state index contributed by atoms with van der Waals surface area (Å²) >= 11 is 0. The number of carbonyl (C=O) groups is 3. The lowest BCUT2D eigenvalue weighted by Crippen LogP contribution is -2.53. The zero-order valence-corrected chi connectivity index (χ0v) is 15.8. The minimum absolute atomic E-state index is 0.0900. The molecule has 148 valence electrons. The third-order valence-electron chi connectivity index (χ3n) is 4.19. The lowest BCUT2D eigenvalue weighted by Gasteiger charge is -2.28. The fourth-order valence-electron chi connectivity index (χ4n) is 3.01. The number of alkyl carbamates (subject to hydrolysis) is 1. The van der Waals surface area contributed by atoms with E-state index in [4.69, 9.17) is 4.74 Å². The summed E-state index contributed by atoms with van der Waals surface area (Å²) in [6, 6.07) is 4.40. The maximum atomic E-state index is 13.0. The van der Waals surface area contributed by atoms with Gasteiger partial charge in [0.1, 0.15) is 23.4 Å². The molecule has 2 atom stereocenters. The lowest BCUT2D eigenvalue weighted by atomic mass is 10.0. The molecule has 0 bridgehead atoms. The van der Waals surface area contributed by atoms with Gasteiger partial charge >= 0.3 is 12.1 Å². The molecular formula is C19H26N2O6. The third-order valence-corrected chi connectivity index (χ3v) is 4.19. The second-order valence-corrected chi connectivity index (χ2v) is 7.60. The number of phenolic OH excluding ortho intramolecular Hbond substituents is 1. The van der Waals surface area contributed by atoms with Gasteiger partial charge in [-0.2, -0.15) is 0 Å². The van der Waals surface area contributed by atoms with E-state index >= 15 is 0 Å². The van der Waals surface area contributed by atoms with Crippen LogP contribution in [0.15, 0.2) is 24.3 Å². The Hall–Kier alpha value is -2.77. The van der Waals surface area contributed by atoms with Crippen molar-refractivity contribution in [2.45, 2.75) is 57.7 Å². The number of likely N-dealkylation sites (tertiary alicyclic amines) is 1. The predicted octanol–water partition coefficient (Wildman–Crippen LogP) is 1.90. The zero-order valence-electron chi connectivity index (χ0n) is 15.8. The van der Waals surface area contributed by atoms with Gasteiger partial charge in [-0.25, -0.2) is 9.59 Å². The molecule has 1 aromatic rings. The number of nitrogens with one attached hydrogen (secondary N) is 1. The number of carboxylic acids is 1. The van der Waals surface area contributed by atoms with Gasteiger partial charge in [0.05, 0.1) is 0 Å². The topological polar surface area (TPSA) is 116 Å². The van der Waals surface area contributed by atoms with Crippen molar-refractivity contribution in [2.75, 3.05) is 6.54 Å². The Morgan fingerprint density at radius 1 is 1.26 bits per heavy atom. The number of phenols is 1. The van der Waals surface area contributed by atoms with E-state index in [9.17, 15) is 24.6 Å². The highest BCUT2D eigenvalue weighted by molar-refractivity contribution is 5.90. The Morgan fingerprint density at radius 2 is 1.89 bits per heavy atom. The smallest absolute Gasteiger partial charge is 0.408 e. The second kappa shape index (κ2) is 8.28. The van der Waals surface area contributed by atoms with Crippen LogP contribution in [0.4, 0.5) is 4.79 Å². The molecule has 0 saturated carbocycles. The number of ether oxygens (including phenoxy) is 1. The molecule has 3 N–H and O–H groups in total. The number of carbonyl (C=O) groups excluding carboxylic acids is 2. The molecule has 1 aromatic carbocycles. The number of hydrogen-bond acceptors (Lipinski definition) is 5. The molecule has 0 radical (unpaired) electrons. The Morgan fingerprint density at radius 3 is 2.44 bits per heavy atom. The Labute approximate surface area is 158 Å². The maximum Gasteiger partial charge on any atom is 0.408 e. The van der Waals surface area contributed by atoms with Gasteiger partial charge in [-0.3, -0.25) is 4.79 Å². The van der Waals surface area contributed by atoms with Gasteiger partial charge in [0.25, 0.3) is 0 Å². The van der Waals surface area contributed by atoms with Gasteiger partial charge in [0.2, 0.25) is 5.91 Å². The van der Waals surface area contributed by atoms with Gasteiger partial charge < -0.3 is 25.2 Å². The molecule has 27 heavy (non-hydrogen) atoms.